The summed E-state index contributed by atoms with van der Waals surface area (Å²) in [4.78, 5) is 0. The van der Waals surface area contributed by atoms with Gasteiger partial charge in [-0.2, -0.15) is 0 Å². The van der Waals surface area contributed by atoms with Crippen molar-refractivity contribution in [1.29, 1.82) is 0 Å². The normalized spacial score (nSPS) is 11.6. The standard InChI is InChI=1S/C28H30N4S2/c1-3-5-7-12-25-29-31-27(33-25)20-15-14-19-16-17-22-21(24(19)18-20)10-9-11-23(22)28-32-30-26(34-28)13-8-6-4-2/h9-11,14-18H,3-8,12-13H2,1-2H3. The monoisotopic (exact) mass is 486 g/mol. The van der Waals surface area contributed by atoms with Crippen molar-refractivity contribution in [2.75, 3.05) is 0 Å². The second-order valence-corrected chi connectivity index (χ2v) is 10.9. The Balaban J connectivity index is 1.49. The summed E-state index contributed by atoms with van der Waals surface area (Å²) in [5.74, 6) is 0. The fourth-order valence-electron chi connectivity index (χ4n) is 4.39. The van der Waals surface area contributed by atoms with Crippen LogP contribution in [-0.2, 0) is 12.8 Å². The zero-order valence-electron chi connectivity index (χ0n) is 19.9. The van der Waals surface area contributed by atoms with Crippen LogP contribution >= 0.6 is 22.7 Å². The zero-order chi connectivity index (χ0) is 23.3. The molecule has 3 aromatic carbocycles. The molecule has 5 aromatic rings. The van der Waals surface area contributed by atoms with Gasteiger partial charge in [-0.15, -0.1) is 20.4 Å². The van der Waals surface area contributed by atoms with Crippen LogP contribution in [0.25, 0.3) is 42.7 Å². The molecular formula is C28H30N4S2. The third-order valence-corrected chi connectivity index (χ3v) is 8.33. The lowest BCUT2D eigenvalue weighted by Gasteiger charge is -2.08. The molecule has 0 atom stereocenters. The van der Waals surface area contributed by atoms with E-state index in [1.54, 1.807) is 22.7 Å². The number of benzene rings is 3. The number of hydrogen-bond donors (Lipinski definition) is 0. The smallest absolute Gasteiger partial charge is 0.143 e. The van der Waals surface area contributed by atoms with E-state index in [0.717, 1.165) is 44.0 Å². The number of aryl methyl sites for hydroxylation is 2. The highest BCUT2D eigenvalue weighted by molar-refractivity contribution is 7.15. The second kappa shape index (κ2) is 10.7. The number of unbranched alkanes of at least 4 members (excludes halogenated alkanes) is 4. The third-order valence-electron chi connectivity index (χ3n) is 6.28. The molecule has 0 N–H and O–H groups in total. The molecule has 4 nitrogen and oxygen atoms in total. The van der Waals surface area contributed by atoms with Crippen molar-refractivity contribution in [3.63, 3.8) is 0 Å². The summed E-state index contributed by atoms with van der Waals surface area (Å²) in [6.07, 6.45) is 9.34. The summed E-state index contributed by atoms with van der Waals surface area (Å²) in [5.41, 5.74) is 2.30. The Morgan fingerprint density at radius 3 is 2.03 bits per heavy atom. The fourth-order valence-corrected chi connectivity index (χ4v) is 6.19. The summed E-state index contributed by atoms with van der Waals surface area (Å²) in [6.45, 7) is 4.46. The first kappa shape index (κ1) is 23.1. The Morgan fingerprint density at radius 2 is 1.29 bits per heavy atom. The molecule has 0 amide bonds. The lowest BCUT2D eigenvalue weighted by Crippen LogP contribution is -1.85. The molecule has 2 aromatic heterocycles. The Morgan fingerprint density at radius 1 is 0.618 bits per heavy atom. The topological polar surface area (TPSA) is 51.6 Å². The Labute approximate surface area is 209 Å². The number of rotatable bonds is 10. The van der Waals surface area contributed by atoms with E-state index < -0.39 is 0 Å². The van der Waals surface area contributed by atoms with Gasteiger partial charge >= 0.3 is 0 Å². The van der Waals surface area contributed by atoms with Crippen LogP contribution in [0.15, 0.2) is 48.5 Å². The first-order valence-corrected chi connectivity index (χ1v) is 14.0. The minimum Gasteiger partial charge on any atom is -0.143 e. The van der Waals surface area contributed by atoms with Crippen LogP contribution in [0.4, 0.5) is 0 Å². The van der Waals surface area contributed by atoms with Gasteiger partial charge in [0.15, 0.2) is 0 Å². The predicted molar refractivity (Wildman–Crippen MR) is 146 cm³/mol. The largest absolute Gasteiger partial charge is 0.148 e. The Kier molecular flexibility index (Phi) is 7.26. The lowest BCUT2D eigenvalue weighted by molar-refractivity contribution is 0.710. The molecule has 34 heavy (non-hydrogen) atoms. The van der Waals surface area contributed by atoms with Crippen LogP contribution < -0.4 is 0 Å². The van der Waals surface area contributed by atoms with Crippen molar-refractivity contribution in [2.45, 2.75) is 65.2 Å². The molecule has 0 spiro atoms. The molecule has 0 aliphatic heterocycles. The quantitative estimate of drug-likeness (QED) is 0.147. The van der Waals surface area contributed by atoms with E-state index in [9.17, 15) is 0 Å². The molecule has 0 aliphatic carbocycles. The van der Waals surface area contributed by atoms with Crippen LogP contribution in [0.5, 0.6) is 0 Å². The summed E-state index contributed by atoms with van der Waals surface area (Å²) >= 11 is 3.45. The number of hydrogen-bond acceptors (Lipinski definition) is 6. The first-order chi connectivity index (χ1) is 16.8. The van der Waals surface area contributed by atoms with E-state index in [-0.39, 0.29) is 0 Å². The summed E-state index contributed by atoms with van der Waals surface area (Å²) in [5, 5.41) is 27.2. The number of aromatic nitrogens is 4. The lowest BCUT2D eigenvalue weighted by atomic mass is 9.97. The second-order valence-electron chi connectivity index (χ2n) is 8.82. The maximum Gasteiger partial charge on any atom is 0.148 e. The van der Waals surface area contributed by atoms with E-state index in [2.05, 4.69) is 82.8 Å². The molecule has 0 fully saturated rings. The van der Waals surface area contributed by atoms with Crippen molar-refractivity contribution in [3.8, 4) is 21.1 Å². The van der Waals surface area contributed by atoms with Crippen molar-refractivity contribution in [1.82, 2.24) is 20.4 Å². The average Bonchev–Trinajstić information content (AvgIpc) is 3.54. The molecule has 0 aliphatic rings. The predicted octanol–water partition coefficient (Wildman–Crippen LogP) is 8.50. The van der Waals surface area contributed by atoms with Crippen LogP contribution in [0, 0.1) is 0 Å². The van der Waals surface area contributed by atoms with Gasteiger partial charge in [-0.05, 0) is 40.5 Å². The minimum atomic E-state index is 1.00. The molecular weight excluding hydrogens is 456 g/mol. The maximum atomic E-state index is 4.55. The zero-order valence-corrected chi connectivity index (χ0v) is 21.5. The van der Waals surface area contributed by atoms with Crippen LogP contribution in [-0.4, -0.2) is 20.4 Å². The van der Waals surface area contributed by atoms with E-state index in [0.29, 0.717) is 0 Å². The van der Waals surface area contributed by atoms with E-state index in [1.807, 2.05) is 0 Å². The minimum absolute atomic E-state index is 1.00. The fraction of sp³-hybridized carbons (Fsp3) is 0.357. The maximum absolute atomic E-state index is 4.55. The van der Waals surface area contributed by atoms with Crippen molar-refractivity contribution in [2.24, 2.45) is 0 Å². The van der Waals surface area contributed by atoms with Crippen LogP contribution in [0.1, 0.15) is 62.4 Å². The molecule has 0 bridgehead atoms. The molecule has 174 valence electrons. The van der Waals surface area contributed by atoms with E-state index in [1.165, 1.54) is 60.1 Å². The summed E-state index contributed by atoms with van der Waals surface area (Å²) in [6, 6.07) is 17.6. The van der Waals surface area contributed by atoms with E-state index >= 15 is 0 Å². The van der Waals surface area contributed by atoms with E-state index in [4.69, 9.17) is 0 Å². The van der Waals surface area contributed by atoms with Gasteiger partial charge in [0.25, 0.3) is 0 Å². The van der Waals surface area contributed by atoms with Gasteiger partial charge in [0.1, 0.15) is 20.0 Å². The van der Waals surface area contributed by atoms with Crippen molar-refractivity contribution >= 4 is 44.2 Å². The third kappa shape index (κ3) is 4.89. The average molecular weight is 487 g/mol. The Bertz CT molecular complexity index is 1400. The Hall–Kier alpha value is -2.70. The highest BCUT2D eigenvalue weighted by Gasteiger charge is 2.13. The van der Waals surface area contributed by atoms with Crippen molar-refractivity contribution < 1.29 is 0 Å². The summed E-state index contributed by atoms with van der Waals surface area (Å²) in [7, 11) is 0. The molecule has 0 saturated heterocycles. The highest BCUT2D eigenvalue weighted by Crippen LogP contribution is 2.36. The van der Waals surface area contributed by atoms with Gasteiger partial charge in [0.05, 0.1) is 0 Å². The van der Waals surface area contributed by atoms with Crippen LogP contribution in [0.2, 0.25) is 0 Å². The molecule has 5 rings (SSSR count). The molecule has 6 heteroatoms. The molecule has 0 radical (unpaired) electrons. The summed E-state index contributed by atoms with van der Waals surface area (Å²) < 4.78 is 0. The number of nitrogens with zero attached hydrogens (tertiary/aromatic N) is 4. The van der Waals surface area contributed by atoms with Gasteiger partial charge in [-0.25, -0.2) is 0 Å². The van der Waals surface area contributed by atoms with Gasteiger partial charge < -0.3 is 0 Å². The SMILES string of the molecule is CCCCCc1nnc(-c2ccc3ccc4c(-c5nnc(CCCCC)s5)cccc4c3c2)s1. The van der Waals surface area contributed by atoms with Crippen LogP contribution in [0.3, 0.4) is 0 Å². The molecule has 2 heterocycles. The highest BCUT2D eigenvalue weighted by atomic mass is 32.1. The van der Waals surface area contributed by atoms with Gasteiger partial charge in [-0.3, -0.25) is 0 Å². The molecule has 0 saturated carbocycles. The number of fused-ring (bicyclic) bond motifs is 3. The molecule has 0 unspecified atom stereocenters. The van der Waals surface area contributed by atoms with Gasteiger partial charge in [-0.1, -0.05) is 105 Å². The van der Waals surface area contributed by atoms with Gasteiger partial charge in [0.2, 0.25) is 0 Å². The first-order valence-electron chi connectivity index (χ1n) is 12.4. The van der Waals surface area contributed by atoms with Crippen molar-refractivity contribution in [3.05, 3.63) is 58.5 Å². The van der Waals surface area contributed by atoms with Gasteiger partial charge in [0, 0.05) is 24.0 Å².